The number of fused-ring (bicyclic) bond motifs is 2. The number of benzene rings is 1. The van der Waals surface area contributed by atoms with Crippen molar-refractivity contribution in [3.63, 3.8) is 0 Å². The summed E-state index contributed by atoms with van der Waals surface area (Å²) in [5.41, 5.74) is 4.52. The molecule has 5 heterocycles. The molecule has 4 aromatic heterocycles. The number of hydrogen-bond donors (Lipinski definition) is 2. The van der Waals surface area contributed by atoms with Gasteiger partial charge in [0.05, 0.1) is 17.5 Å². The summed E-state index contributed by atoms with van der Waals surface area (Å²) in [6.45, 7) is 7.95. The minimum Gasteiger partial charge on any atom is -0.364 e. The molecule has 35 heavy (non-hydrogen) atoms. The Bertz CT molecular complexity index is 1480. The summed E-state index contributed by atoms with van der Waals surface area (Å²) in [5.74, 6) is 4.00. The number of nitrogens with zero attached hydrogens (tertiary/aromatic N) is 8. The van der Waals surface area contributed by atoms with Gasteiger partial charge >= 0.3 is 0 Å². The maximum absolute atomic E-state index is 5.04. The first-order valence-corrected chi connectivity index (χ1v) is 12.1. The van der Waals surface area contributed by atoms with Crippen LogP contribution in [0.3, 0.4) is 0 Å². The average molecular weight is 469 g/mol. The fraction of sp³-hybridized carbons (Fsp3) is 0.360. The summed E-state index contributed by atoms with van der Waals surface area (Å²) in [5, 5.41) is 19.9. The molecule has 0 aliphatic carbocycles. The van der Waals surface area contributed by atoms with Crippen LogP contribution >= 0.6 is 0 Å². The number of nitrogens with one attached hydrogen (secondary N) is 2. The summed E-state index contributed by atoms with van der Waals surface area (Å²) in [6.07, 6.45) is 5.29. The van der Waals surface area contributed by atoms with Crippen molar-refractivity contribution >= 4 is 17.0 Å². The lowest BCUT2D eigenvalue weighted by Crippen LogP contribution is -2.32. The fourth-order valence-electron chi connectivity index (χ4n) is 4.91. The van der Waals surface area contributed by atoms with Crippen molar-refractivity contribution in [2.24, 2.45) is 0 Å². The third-order valence-corrected chi connectivity index (χ3v) is 6.62. The molecule has 0 saturated carbocycles. The van der Waals surface area contributed by atoms with E-state index in [2.05, 4.69) is 77.7 Å². The summed E-state index contributed by atoms with van der Waals surface area (Å²) in [4.78, 5) is 14.2. The quantitative estimate of drug-likeness (QED) is 0.386. The Morgan fingerprint density at radius 3 is 2.80 bits per heavy atom. The molecule has 0 bridgehead atoms. The van der Waals surface area contributed by atoms with Crippen LogP contribution in [0.4, 0.5) is 5.82 Å². The number of hydrogen-bond acceptors (Lipinski definition) is 7. The lowest BCUT2D eigenvalue weighted by atomic mass is 10.1. The van der Waals surface area contributed by atoms with Crippen molar-refractivity contribution < 1.29 is 0 Å². The highest BCUT2D eigenvalue weighted by Crippen LogP contribution is 2.33. The molecule has 6 rings (SSSR count). The van der Waals surface area contributed by atoms with E-state index in [-0.39, 0.29) is 6.04 Å². The molecule has 0 amide bonds. The molecular formula is C25H28N10. The first-order chi connectivity index (χ1) is 17.1. The SMILES string of the molecule is CCn1c(-c2cn[nH]c2-c2ccccc2)nc2c(NC3CCc4nnc(C(C)C)n4C3)ncnc21. The molecule has 10 nitrogen and oxygen atoms in total. The Hall–Kier alpha value is -4.08. The van der Waals surface area contributed by atoms with Crippen LogP contribution in [0.2, 0.25) is 0 Å². The third-order valence-electron chi connectivity index (χ3n) is 6.62. The van der Waals surface area contributed by atoms with Crippen LogP contribution in [0.5, 0.6) is 0 Å². The fourth-order valence-corrected chi connectivity index (χ4v) is 4.91. The van der Waals surface area contributed by atoms with Gasteiger partial charge in [-0.15, -0.1) is 10.2 Å². The van der Waals surface area contributed by atoms with Crippen molar-refractivity contribution in [1.29, 1.82) is 0 Å². The Kier molecular flexibility index (Phi) is 5.28. The molecule has 178 valence electrons. The first kappa shape index (κ1) is 21.5. The highest BCUT2D eigenvalue weighted by molar-refractivity contribution is 5.88. The monoisotopic (exact) mass is 468 g/mol. The third kappa shape index (κ3) is 3.65. The minimum absolute atomic E-state index is 0.207. The lowest BCUT2D eigenvalue weighted by molar-refractivity contribution is 0.459. The molecule has 10 heteroatoms. The van der Waals surface area contributed by atoms with E-state index < -0.39 is 0 Å². The lowest BCUT2D eigenvalue weighted by Gasteiger charge is -2.26. The topological polar surface area (TPSA) is 115 Å². The number of imidazole rings is 1. The molecule has 2 N–H and O–H groups in total. The second kappa shape index (κ2) is 8.61. The van der Waals surface area contributed by atoms with Gasteiger partial charge < -0.3 is 14.5 Å². The van der Waals surface area contributed by atoms with Crippen LogP contribution in [0, 0.1) is 0 Å². The van der Waals surface area contributed by atoms with Gasteiger partial charge in [0, 0.05) is 37.0 Å². The molecule has 0 saturated heterocycles. The zero-order valence-corrected chi connectivity index (χ0v) is 20.1. The molecule has 0 fully saturated rings. The van der Waals surface area contributed by atoms with Gasteiger partial charge in [-0.2, -0.15) is 5.10 Å². The van der Waals surface area contributed by atoms with Crippen LogP contribution in [0.1, 0.15) is 44.8 Å². The summed E-state index contributed by atoms with van der Waals surface area (Å²) >= 11 is 0. The minimum atomic E-state index is 0.207. The molecule has 0 radical (unpaired) electrons. The van der Waals surface area contributed by atoms with Gasteiger partial charge in [0.2, 0.25) is 0 Å². The molecular weight excluding hydrogens is 440 g/mol. The number of aromatic amines is 1. The molecule has 0 spiro atoms. The Morgan fingerprint density at radius 2 is 2.00 bits per heavy atom. The standard InChI is InChI=1S/C25H28N10/c1-4-34-24(18-12-28-32-20(18)16-8-6-5-7-9-16)30-21-22(26-14-27-25(21)34)29-17-10-11-19-31-33-23(15(2)3)35(19)13-17/h5-9,12,14-15,17H,4,10-11,13H2,1-3H3,(H,28,32)(H,26,27,29). The number of aromatic nitrogens is 9. The van der Waals surface area contributed by atoms with Gasteiger partial charge in [0.15, 0.2) is 17.0 Å². The van der Waals surface area contributed by atoms with Crippen LogP contribution in [-0.4, -0.2) is 50.5 Å². The molecule has 1 unspecified atom stereocenters. The molecule has 1 atom stereocenters. The van der Waals surface area contributed by atoms with Gasteiger partial charge in [-0.1, -0.05) is 44.2 Å². The number of H-pyrrole nitrogens is 1. The van der Waals surface area contributed by atoms with Gasteiger partial charge in [0.1, 0.15) is 23.8 Å². The van der Waals surface area contributed by atoms with E-state index >= 15 is 0 Å². The summed E-state index contributed by atoms with van der Waals surface area (Å²) < 4.78 is 4.37. The van der Waals surface area contributed by atoms with E-state index in [1.165, 1.54) is 0 Å². The van der Waals surface area contributed by atoms with Gasteiger partial charge in [-0.05, 0) is 13.3 Å². The van der Waals surface area contributed by atoms with Crippen LogP contribution in [0.15, 0.2) is 42.9 Å². The van der Waals surface area contributed by atoms with E-state index in [0.717, 1.165) is 77.2 Å². The Labute approximate surface area is 202 Å². The maximum Gasteiger partial charge on any atom is 0.165 e. The molecule has 1 aliphatic heterocycles. The van der Waals surface area contributed by atoms with Gasteiger partial charge in [-0.3, -0.25) is 5.10 Å². The van der Waals surface area contributed by atoms with Crippen molar-refractivity contribution in [2.75, 3.05) is 5.32 Å². The number of aryl methyl sites for hydroxylation is 2. The van der Waals surface area contributed by atoms with Crippen LogP contribution in [0.25, 0.3) is 33.8 Å². The normalized spacial score (nSPS) is 15.6. The largest absolute Gasteiger partial charge is 0.364 e. The van der Waals surface area contributed by atoms with Crippen LogP contribution < -0.4 is 5.32 Å². The second-order valence-electron chi connectivity index (χ2n) is 9.22. The second-order valence-corrected chi connectivity index (χ2v) is 9.22. The summed E-state index contributed by atoms with van der Waals surface area (Å²) in [7, 11) is 0. The van der Waals surface area contributed by atoms with E-state index in [4.69, 9.17) is 4.98 Å². The predicted octanol–water partition coefficient (Wildman–Crippen LogP) is 4.05. The van der Waals surface area contributed by atoms with Gasteiger partial charge in [0.25, 0.3) is 0 Å². The summed E-state index contributed by atoms with van der Waals surface area (Å²) in [6, 6.07) is 10.4. The van der Waals surface area contributed by atoms with E-state index in [1.807, 2.05) is 24.4 Å². The average Bonchev–Trinajstić information content (AvgIpc) is 3.60. The van der Waals surface area contributed by atoms with Crippen molar-refractivity contribution in [3.05, 3.63) is 54.5 Å². The van der Waals surface area contributed by atoms with Crippen molar-refractivity contribution in [2.45, 2.75) is 58.7 Å². The van der Waals surface area contributed by atoms with Crippen molar-refractivity contribution in [1.82, 2.24) is 44.5 Å². The zero-order valence-electron chi connectivity index (χ0n) is 20.1. The molecule has 1 aliphatic rings. The predicted molar refractivity (Wildman–Crippen MR) is 134 cm³/mol. The molecule has 5 aromatic rings. The Balaban J connectivity index is 1.38. The Morgan fingerprint density at radius 1 is 1.14 bits per heavy atom. The van der Waals surface area contributed by atoms with Crippen molar-refractivity contribution in [3.8, 4) is 22.6 Å². The zero-order chi connectivity index (χ0) is 23.9. The van der Waals surface area contributed by atoms with E-state index in [0.29, 0.717) is 5.92 Å². The first-order valence-electron chi connectivity index (χ1n) is 12.1. The van der Waals surface area contributed by atoms with Crippen LogP contribution in [-0.2, 0) is 19.5 Å². The maximum atomic E-state index is 5.04. The number of rotatable bonds is 6. The van der Waals surface area contributed by atoms with Gasteiger partial charge in [-0.25, -0.2) is 15.0 Å². The van der Waals surface area contributed by atoms with E-state index in [9.17, 15) is 0 Å². The van der Waals surface area contributed by atoms with E-state index in [1.54, 1.807) is 6.33 Å². The number of anilines is 1. The smallest absolute Gasteiger partial charge is 0.165 e. The highest BCUT2D eigenvalue weighted by atomic mass is 15.3. The molecule has 1 aromatic carbocycles. The highest BCUT2D eigenvalue weighted by Gasteiger charge is 2.26.